The second kappa shape index (κ2) is 54.2. The van der Waals surface area contributed by atoms with Crippen LogP contribution in [0.4, 0.5) is 0 Å². The molecule has 66 heavy (non-hydrogen) atoms. The van der Waals surface area contributed by atoms with E-state index in [1.165, 1.54) is 103 Å². The number of hydrogen-bond acceptors (Lipinski definition) is 6. The van der Waals surface area contributed by atoms with Crippen LogP contribution in [0.15, 0.2) is 85.1 Å². The van der Waals surface area contributed by atoms with E-state index in [0.29, 0.717) is 19.3 Å². The second-order valence-electron chi connectivity index (χ2n) is 18.1. The zero-order chi connectivity index (χ0) is 47.9. The van der Waals surface area contributed by atoms with Crippen LogP contribution >= 0.6 is 0 Å². The van der Waals surface area contributed by atoms with Gasteiger partial charge in [0.25, 0.3) is 0 Å². The molecule has 0 aliphatic carbocycles. The van der Waals surface area contributed by atoms with Gasteiger partial charge in [-0.2, -0.15) is 0 Å². The summed E-state index contributed by atoms with van der Waals surface area (Å²) in [5.74, 6) is -0.929. The second-order valence-corrected chi connectivity index (χ2v) is 18.1. The first-order chi connectivity index (χ1) is 32.5. The maximum Gasteiger partial charge on any atom is 0.306 e. The van der Waals surface area contributed by atoms with E-state index in [4.69, 9.17) is 14.2 Å². The molecule has 0 radical (unpaired) electrons. The number of esters is 3. The van der Waals surface area contributed by atoms with E-state index in [-0.39, 0.29) is 31.1 Å². The van der Waals surface area contributed by atoms with Gasteiger partial charge in [-0.25, -0.2) is 0 Å². The van der Waals surface area contributed by atoms with Crippen LogP contribution in [0.3, 0.4) is 0 Å². The smallest absolute Gasteiger partial charge is 0.306 e. The number of allylic oxidation sites excluding steroid dienone is 14. The third-order valence-corrected chi connectivity index (χ3v) is 11.6. The Balaban J connectivity index is 4.46. The molecule has 0 aromatic heterocycles. The van der Waals surface area contributed by atoms with Crippen molar-refractivity contribution in [1.82, 2.24) is 0 Å². The Labute approximate surface area is 407 Å². The summed E-state index contributed by atoms with van der Waals surface area (Å²) >= 11 is 0. The lowest BCUT2D eigenvalue weighted by atomic mass is 10.1. The number of unbranched alkanes of at least 4 members (excludes halogenated alkanes) is 24. The van der Waals surface area contributed by atoms with Gasteiger partial charge in [-0.1, -0.05) is 209 Å². The SMILES string of the molecule is CC/C=C\C/C=C\C/C=C\C/C=C\CCCCCCC(=O)OCC(COC(=O)CCCCCCC/C=C\CCCCCCC)OC(=O)CCCCCCCCC/C=C\C/C=C\CCCCC. The maximum atomic E-state index is 12.8. The van der Waals surface area contributed by atoms with Crippen molar-refractivity contribution in [3.63, 3.8) is 0 Å². The van der Waals surface area contributed by atoms with Gasteiger partial charge in [-0.15, -0.1) is 0 Å². The molecule has 0 aliphatic rings. The van der Waals surface area contributed by atoms with Crippen molar-refractivity contribution in [3.05, 3.63) is 85.1 Å². The van der Waals surface area contributed by atoms with E-state index < -0.39 is 6.10 Å². The normalized spacial score (nSPS) is 12.7. The van der Waals surface area contributed by atoms with Gasteiger partial charge in [0.1, 0.15) is 13.2 Å². The van der Waals surface area contributed by atoms with Gasteiger partial charge >= 0.3 is 17.9 Å². The highest BCUT2D eigenvalue weighted by atomic mass is 16.6. The minimum Gasteiger partial charge on any atom is -0.462 e. The molecule has 0 amide bonds. The Morgan fingerprint density at radius 2 is 0.591 bits per heavy atom. The predicted octanol–water partition coefficient (Wildman–Crippen LogP) is 18.4. The molecule has 0 fully saturated rings. The highest BCUT2D eigenvalue weighted by Gasteiger charge is 2.19. The van der Waals surface area contributed by atoms with Crippen LogP contribution in [-0.2, 0) is 28.6 Å². The van der Waals surface area contributed by atoms with Crippen LogP contribution in [0.1, 0.15) is 258 Å². The van der Waals surface area contributed by atoms with Crippen molar-refractivity contribution in [2.75, 3.05) is 13.2 Å². The first-order valence-corrected chi connectivity index (χ1v) is 27.6. The summed E-state index contributed by atoms with van der Waals surface area (Å²) in [6.07, 6.45) is 69.9. The molecule has 0 N–H and O–H groups in total. The summed E-state index contributed by atoms with van der Waals surface area (Å²) in [6, 6.07) is 0. The number of carbonyl (C=O) groups is 3. The van der Waals surface area contributed by atoms with Crippen LogP contribution in [0.2, 0.25) is 0 Å². The third kappa shape index (κ3) is 51.6. The van der Waals surface area contributed by atoms with Gasteiger partial charge in [0.2, 0.25) is 0 Å². The molecular weight excluding hydrogens is 817 g/mol. The molecule has 378 valence electrons. The molecule has 0 saturated carbocycles. The highest BCUT2D eigenvalue weighted by molar-refractivity contribution is 5.71. The fourth-order valence-corrected chi connectivity index (χ4v) is 7.46. The lowest BCUT2D eigenvalue weighted by Gasteiger charge is -2.18. The molecule has 0 heterocycles. The van der Waals surface area contributed by atoms with Gasteiger partial charge in [-0.3, -0.25) is 14.4 Å². The summed E-state index contributed by atoms with van der Waals surface area (Å²) < 4.78 is 16.8. The Bertz CT molecular complexity index is 1290. The molecule has 6 nitrogen and oxygen atoms in total. The molecule has 1 atom stereocenters. The van der Waals surface area contributed by atoms with Gasteiger partial charge in [0.15, 0.2) is 6.10 Å². The van der Waals surface area contributed by atoms with Crippen molar-refractivity contribution in [1.29, 1.82) is 0 Å². The average molecular weight is 919 g/mol. The molecular formula is C60H102O6. The van der Waals surface area contributed by atoms with Crippen molar-refractivity contribution in [2.24, 2.45) is 0 Å². The summed E-state index contributed by atoms with van der Waals surface area (Å²) in [6.45, 7) is 6.46. The molecule has 6 heteroatoms. The Kier molecular flexibility index (Phi) is 51.4. The van der Waals surface area contributed by atoms with Gasteiger partial charge < -0.3 is 14.2 Å². The van der Waals surface area contributed by atoms with Crippen molar-refractivity contribution < 1.29 is 28.6 Å². The summed E-state index contributed by atoms with van der Waals surface area (Å²) in [5, 5.41) is 0. The Morgan fingerprint density at radius 1 is 0.318 bits per heavy atom. The van der Waals surface area contributed by atoms with Crippen LogP contribution in [0.25, 0.3) is 0 Å². The van der Waals surface area contributed by atoms with E-state index in [0.717, 1.165) is 116 Å². The minimum atomic E-state index is -0.795. The van der Waals surface area contributed by atoms with Crippen LogP contribution in [0.5, 0.6) is 0 Å². The first-order valence-electron chi connectivity index (χ1n) is 27.6. The van der Waals surface area contributed by atoms with Crippen LogP contribution in [0, 0.1) is 0 Å². The van der Waals surface area contributed by atoms with E-state index in [1.807, 2.05) is 0 Å². The summed E-state index contributed by atoms with van der Waals surface area (Å²) in [4.78, 5) is 38.1. The lowest BCUT2D eigenvalue weighted by Crippen LogP contribution is -2.30. The summed E-state index contributed by atoms with van der Waals surface area (Å²) in [5.41, 5.74) is 0. The fourth-order valence-electron chi connectivity index (χ4n) is 7.46. The maximum absolute atomic E-state index is 12.8. The molecule has 1 unspecified atom stereocenters. The number of ether oxygens (including phenoxy) is 3. The first kappa shape index (κ1) is 62.6. The van der Waals surface area contributed by atoms with Gasteiger partial charge in [-0.05, 0) is 116 Å². The number of carbonyl (C=O) groups excluding carboxylic acids is 3. The third-order valence-electron chi connectivity index (χ3n) is 11.6. The van der Waals surface area contributed by atoms with Crippen molar-refractivity contribution in [2.45, 2.75) is 264 Å². The highest BCUT2D eigenvalue weighted by Crippen LogP contribution is 2.14. The van der Waals surface area contributed by atoms with Crippen LogP contribution in [-0.4, -0.2) is 37.2 Å². The number of hydrogen-bond donors (Lipinski definition) is 0. The summed E-state index contributed by atoms with van der Waals surface area (Å²) in [7, 11) is 0. The molecule has 0 aliphatic heterocycles. The topological polar surface area (TPSA) is 78.9 Å². The van der Waals surface area contributed by atoms with Gasteiger partial charge in [0, 0.05) is 19.3 Å². The molecule has 0 aromatic carbocycles. The number of rotatable bonds is 49. The van der Waals surface area contributed by atoms with E-state index in [2.05, 4.69) is 106 Å². The van der Waals surface area contributed by atoms with Crippen molar-refractivity contribution >= 4 is 17.9 Å². The quantitative estimate of drug-likeness (QED) is 0.0262. The molecule has 0 spiro atoms. The fraction of sp³-hybridized carbons (Fsp3) is 0.717. The molecule has 0 rings (SSSR count). The Hall–Kier alpha value is -3.41. The standard InChI is InChI=1S/C60H102O6/c1-4-7-10-13-16-19-22-25-28-30-32-35-38-41-44-47-50-53-59(62)65-56-57(55-64-58(61)52-49-46-43-40-37-34-27-24-21-18-15-12-9-6-3)66-60(63)54-51-48-45-42-39-36-33-31-29-26-23-20-17-14-11-8-5-2/h7,10,16-17,19-20,24-29,32,35,57H,4-6,8-9,11-15,18,21-23,30-31,33-34,36-56H2,1-3H3/b10-7-,19-16-,20-17-,27-24-,28-25-,29-26-,35-32-. The minimum absolute atomic E-state index is 0.0922. The zero-order valence-corrected chi connectivity index (χ0v) is 43.2. The predicted molar refractivity (Wildman–Crippen MR) is 284 cm³/mol. The van der Waals surface area contributed by atoms with E-state index in [1.54, 1.807) is 0 Å². The zero-order valence-electron chi connectivity index (χ0n) is 43.2. The van der Waals surface area contributed by atoms with Gasteiger partial charge in [0.05, 0.1) is 0 Å². The lowest BCUT2D eigenvalue weighted by molar-refractivity contribution is -0.167. The van der Waals surface area contributed by atoms with Crippen molar-refractivity contribution in [3.8, 4) is 0 Å². The molecule has 0 aromatic rings. The van der Waals surface area contributed by atoms with Crippen LogP contribution < -0.4 is 0 Å². The molecule has 0 bridgehead atoms. The largest absolute Gasteiger partial charge is 0.462 e. The molecule has 0 saturated heterocycles. The average Bonchev–Trinajstić information content (AvgIpc) is 3.31. The Morgan fingerprint density at radius 3 is 0.970 bits per heavy atom. The monoisotopic (exact) mass is 919 g/mol. The van der Waals surface area contributed by atoms with E-state index >= 15 is 0 Å². The van der Waals surface area contributed by atoms with E-state index in [9.17, 15) is 14.4 Å².